The van der Waals surface area contributed by atoms with Gasteiger partial charge in [-0.2, -0.15) is 0 Å². The highest BCUT2D eigenvalue weighted by molar-refractivity contribution is 5.95. The molecule has 1 unspecified atom stereocenters. The number of carbonyl (C=O) groups excluding carboxylic acids is 1. The molecule has 1 aromatic heterocycles. The summed E-state index contributed by atoms with van der Waals surface area (Å²) >= 11 is 0. The summed E-state index contributed by atoms with van der Waals surface area (Å²) in [7, 11) is 3.24. The van der Waals surface area contributed by atoms with Gasteiger partial charge in [0.15, 0.2) is 11.5 Å². The Balaban J connectivity index is 1.66. The van der Waals surface area contributed by atoms with E-state index in [0.717, 1.165) is 23.2 Å². The molecule has 0 fully saturated rings. The highest BCUT2D eigenvalue weighted by atomic mass is 16.5. The van der Waals surface area contributed by atoms with Gasteiger partial charge >= 0.3 is 0 Å². The van der Waals surface area contributed by atoms with Crippen LogP contribution in [0.4, 0.5) is 0 Å². The number of carbonyl (C=O) groups is 1. The van der Waals surface area contributed by atoms with E-state index < -0.39 is 0 Å². The Morgan fingerprint density at radius 2 is 1.78 bits per heavy atom. The van der Waals surface area contributed by atoms with Crippen LogP contribution >= 0.6 is 0 Å². The average molecular weight is 435 g/mol. The Morgan fingerprint density at radius 1 is 1.00 bits per heavy atom. The summed E-state index contributed by atoms with van der Waals surface area (Å²) in [4.78, 5) is 17.1. The Hall–Kier alpha value is -3.54. The molecular weight excluding hydrogens is 404 g/mol. The molecule has 32 heavy (non-hydrogen) atoms. The molecule has 1 heterocycles. The number of benzene rings is 2. The van der Waals surface area contributed by atoms with Crippen molar-refractivity contribution in [3.8, 4) is 28.6 Å². The van der Waals surface area contributed by atoms with E-state index in [0.29, 0.717) is 36.0 Å². The average Bonchev–Trinajstić information content (AvgIpc) is 2.84. The van der Waals surface area contributed by atoms with E-state index in [-0.39, 0.29) is 11.9 Å². The van der Waals surface area contributed by atoms with Crippen LogP contribution < -0.4 is 19.5 Å². The first-order valence-corrected chi connectivity index (χ1v) is 10.8. The van der Waals surface area contributed by atoms with E-state index in [9.17, 15) is 4.79 Å². The molecule has 0 bridgehead atoms. The SMILES string of the molecule is CCC(C)NC(=O)c1cccc(-c2cccc(OCCc3ccc(OC)c(OC)c3)n2)c1. The molecule has 1 N–H and O–H groups in total. The maximum absolute atomic E-state index is 12.5. The maximum atomic E-state index is 12.5. The van der Waals surface area contributed by atoms with E-state index in [1.165, 1.54) is 0 Å². The van der Waals surface area contributed by atoms with Gasteiger partial charge in [-0.1, -0.05) is 31.2 Å². The Bertz CT molecular complexity index is 1050. The molecule has 0 aliphatic carbocycles. The standard InChI is InChI=1S/C26H30N2O4/c1-5-18(2)27-26(29)21-9-6-8-20(17-21)22-10-7-11-25(28-22)32-15-14-19-12-13-23(30-3)24(16-19)31-4/h6-13,16-18H,5,14-15H2,1-4H3,(H,27,29). The smallest absolute Gasteiger partial charge is 0.251 e. The van der Waals surface area contributed by atoms with Gasteiger partial charge in [0.25, 0.3) is 5.91 Å². The zero-order valence-corrected chi connectivity index (χ0v) is 19.1. The van der Waals surface area contributed by atoms with Gasteiger partial charge in [-0.15, -0.1) is 0 Å². The van der Waals surface area contributed by atoms with Crippen molar-refractivity contribution in [1.82, 2.24) is 10.3 Å². The summed E-state index contributed by atoms with van der Waals surface area (Å²) in [6, 6.07) is 19.1. The van der Waals surface area contributed by atoms with Gasteiger partial charge in [0.05, 0.1) is 26.5 Å². The minimum Gasteiger partial charge on any atom is -0.493 e. The minimum absolute atomic E-state index is 0.0801. The van der Waals surface area contributed by atoms with E-state index >= 15 is 0 Å². The third-order valence-corrected chi connectivity index (χ3v) is 5.22. The molecule has 6 heteroatoms. The molecule has 6 nitrogen and oxygen atoms in total. The van der Waals surface area contributed by atoms with Crippen LogP contribution in [-0.2, 0) is 6.42 Å². The van der Waals surface area contributed by atoms with Crippen molar-refractivity contribution in [3.05, 3.63) is 71.8 Å². The Morgan fingerprint density at radius 3 is 2.53 bits per heavy atom. The summed E-state index contributed by atoms with van der Waals surface area (Å²) in [6.07, 6.45) is 1.59. The normalized spacial score (nSPS) is 11.5. The maximum Gasteiger partial charge on any atom is 0.251 e. The molecule has 1 amide bonds. The van der Waals surface area contributed by atoms with Gasteiger partial charge in [-0.05, 0) is 49.2 Å². The summed E-state index contributed by atoms with van der Waals surface area (Å²) in [5.41, 5.74) is 3.32. The summed E-state index contributed by atoms with van der Waals surface area (Å²) in [5.74, 6) is 1.86. The van der Waals surface area contributed by atoms with Crippen molar-refractivity contribution in [2.24, 2.45) is 0 Å². The van der Waals surface area contributed by atoms with E-state index in [2.05, 4.69) is 10.3 Å². The third kappa shape index (κ3) is 6.00. The fourth-order valence-electron chi connectivity index (χ4n) is 3.19. The number of methoxy groups -OCH3 is 2. The van der Waals surface area contributed by atoms with Crippen LogP contribution in [0.15, 0.2) is 60.7 Å². The van der Waals surface area contributed by atoms with Crippen LogP contribution in [0.3, 0.4) is 0 Å². The molecule has 1 atom stereocenters. The van der Waals surface area contributed by atoms with Gasteiger partial charge in [-0.3, -0.25) is 4.79 Å². The lowest BCUT2D eigenvalue weighted by Gasteiger charge is -2.12. The number of rotatable bonds is 10. The fraction of sp³-hybridized carbons (Fsp3) is 0.308. The highest BCUT2D eigenvalue weighted by Gasteiger charge is 2.11. The number of nitrogens with one attached hydrogen (secondary N) is 1. The fourth-order valence-corrected chi connectivity index (χ4v) is 3.19. The van der Waals surface area contributed by atoms with Crippen LogP contribution in [0.25, 0.3) is 11.3 Å². The minimum atomic E-state index is -0.0801. The lowest BCUT2D eigenvalue weighted by Crippen LogP contribution is -2.31. The molecular formula is C26H30N2O4. The van der Waals surface area contributed by atoms with E-state index in [4.69, 9.17) is 14.2 Å². The van der Waals surface area contributed by atoms with Gasteiger partial charge in [0.2, 0.25) is 5.88 Å². The molecule has 0 aliphatic heterocycles. The number of nitrogens with zero attached hydrogens (tertiary/aromatic N) is 1. The van der Waals surface area contributed by atoms with Crippen molar-refractivity contribution < 1.29 is 19.0 Å². The number of hydrogen-bond donors (Lipinski definition) is 1. The quantitative estimate of drug-likeness (QED) is 0.491. The van der Waals surface area contributed by atoms with Crippen LogP contribution in [0.5, 0.6) is 17.4 Å². The molecule has 3 rings (SSSR count). The van der Waals surface area contributed by atoms with Crippen molar-refractivity contribution in [2.45, 2.75) is 32.7 Å². The number of aromatic nitrogens is 1. The largest absolute Gasteiger partial charge is 0.493 e. The molecule has 0 aliphatic rings. The third-order valence-electron chi connectivity index (χ3n) is 5.22. The van der Waals surface area contributed by atoms with Crippen molar-refractivity contribution in [2.75, 3.05) is 20.8 Å². The van der Waals surface area contributed by atoms with E-state index in [1.807, 2.05) is 74.5 Å². The van der Waals surface area contributed by atoms with Gasteiger partial charge in [-0.25, -0.2) is 4.98 Å². The van der Waals surface area contributed by atoms with Crippen LogP contribution in [0.1, 0.15) is 36.2 Å². The van der Waals surface area contributed by atoms with Crippen LogP contribution in [0.2, 0.25) is 0 Å². The Kier molecular flexibility index (Phi) is 8.08. The van der Waals surface area contributed by atoms with Gasteiger partial charge < -0.3 is 19.5 Å². The van der Waals surface area contributed by atoms with Gasteiger partial charge in [0.1, 0.15) is 0 Å². The first kappa shape index (κ1) is 23.1. The second-order valence-electron chi connectivity index (χ2n) is 7.51. The number of amides is 1. The van der Waals surface area contributed by atoms with Crippen LogP contribution in [0, 0.1) is 0 Å². The van der Waals surface area contributed by atoms with Crippen LogP contribution in [-0.4, -0.2) is 37.8 Å². The zero-order valence-electron chi connectivity index (χ0n) is 19.1. The summed E-state index contributed by atoms with van der Waals surface area (Å²) < 4.78 is 16.5. The summed E-state index contributed by atoms with van der Waals surface area (Å²) in [6.45, 7) is 4.51. The van der Waals surface area contributed by atoms with Gasteiger partial charge in [0, 0.05) is 29.7 Å². The number of pyridine rings is 1. The molecule has 0 saturated carbocycles. The topological polar surface area (TPSA) is 69.7 Å². The summed E-state index contributed by atoms with van der Waals surface area (Å²) in [5, 5.41) is 2.99. The second kappa shape index (κ2) is 11.2. The predicted molar refractivity (Wildman–Crippen MR) is 126 cm³/mol. The first-order valence-electron chi connectivity index (χ1n) is 10.8. The number of ether oxygens (including phenoxy) is 3. The Labute approximate surface area is 189 Å². The first-order chi connectivity index (χ1) is 15.5. The second-order valence-corrected chi connectivity index (χ2v) is 7.51. The van der Waals surface area contributed by atoms with E-state index in [1.54, 1.807) is 14.2 Å². The molecule has 2 aromatic carbocycles. The van der Waals surface area contributed by atoms with Crippen molar-refractivity contribution in [1.29, 1.82) is 0 Å². The van der Waals surface area contributed by atoms with Crippen molar-refractivity contribution in [3.63, 3.8) is 0 Å². The monoisotopic (exact) mass is 434 g/mol. The lowest BCUT2D eigenvalue weighted by molar-refractivity contribution is 0.0939. The predicted octanol–water partition coefficient (Wildman–Crippen LogP) is 4.92. The number of hydrogen-bond acceptors (Lipinski definition) is 5. The molecule has 3 aromatic rings. The zero-order chi connectivity index (χ0) is 22.9. The molecule has 0 saturated heterocycles. The lowest BCUT2D eigenvalue weighted by atomic mass is 10.1. The molecule has 168 valence electrons. The van der Waals surface area contributed by atoms with Crippen molar-refractivity contribution >= 4 is 5.91 Å². The molecule has 0 spiro atoms. The highest BCUT2D eigenvalue weighted by Crippen LogP contribution is 2.28. The molecule has 0 radical (unpaired) electrons.